The van der Waals surface area contributed by atoms with E-state index in [0.717, 1.165) is 18.8 Å². The summed E-state index contributed by atoms with van der Waals surface area (Å²) >= 11 is 0. The third-order valence-electron chi connectivity index (χ3n) is 4.46. The lowest BCUT2D eigenvalue weighted by molar-refractivity contribution is -0.122. The van der Waals surface area contributed by atoms with Crippen molar-refractivity contribution in [1.29, 1.82) is 0 Å². The molecular weight excluding hydrogens is 287 g/mol. The van der Waals surface area contributed by atoms with Crippen molar-refractivity contribution < 1.29 is 13.9 Å². The van der Waals surface area contributed by atoms with Crippen LogP contribution < -0.4 is 20.4 Å². The van der Waals surface area contributed by atoms with Gasteiger partial charge in [0.1, 0.15) is 24.2 Å². The van der Waals surface area contributed by atoms with Crippen molar-refractivity contribution in [3.63, 3.8) is 0 Å². The molecular formula is C15H17FN4O2. The van der Waals surface area contributed by atoms with Gasteiger partial charge in [0, 0.05) is 6.07 Å². The first-order chi connectivity index (χ1) is 10.6. The van der Waals surface area contributed by atoms with Crippen molar-refractivity contribution in [3.05, 3.63) is 23.5 Å². The SMILES string of the molecule is CC1C(=O)NN=C2COc3cc(F)c(CC4CNC4)cc3N21. The van der Waals surface area contributed by atoms with Crippen LogP contribution in [-0.4, -0.2) is 37.5 Å². The van der Waals surface area contributed by atoms with Crippen LogP contribution in [-0.2, 0) is 11.2 Å². The molecule has 1 fully saturated rings. The fourth-order valence-electron chi connectivity index (χ4n) is 3.05. The number of amidine groups is 1. The molecule has 1 aromatic carbocycles. The van der Waals surface area contributed by atoms with Crippen molar-refractivity contribution in [3.8, 4) is 5.75 Å². The Morgan fingerprint density at radius 2 is 2.27 bits per heavy atom. The van der Waals surface area contributed by atoms with Crippen molar-refractivity contribution >= 4 is 17.4 Å². The fraction of sp³-hybridized carbons (Fsp3) is 0.467. The van der Waals surface area contributed by atoms with Crippen LogP contribution in [0.5, 0.6) is 5.75 Å². The monoisotopic (exact) mass is 304 g/mol. The molecule has 0 aromatic heterocycles. The zero-order valence-corrected chi connectivity index (χ0v) is 12.2. The minimum Gasteiger partial charge on any atom is -0.483 e. The number of anilines is 1. The average molecular weight is 304 g/mol. The highest BCUT2D eigenvalue weighted by Gasteiger charge is 2.36. The van der Waals surface area contributed by atoms with Crippen molar-refractivity contribution in [2.45, 2.75) is 19.4 Å². The zero-order valence-electron chi connectivity index (χ0n) is 12.2. The Hall–Kier alpha value is -2.15. The molecule has 1 amide bonds. The summed E-state index contributed by atoms with van der Waals surface area (Å²) in [6.45, 7) is 3.87. The van der Waals surface area contributed by atoms with Gasteiger partial charge in [-0.25, -0.2) is 9.82 Å². The van der Waals surface area contributed by atoms with Gasteiger partial charge in [0.2, 0.25) is 0 Å². The van der Waals surface area contributed by atoms with Gasteiger partial charge in [0.25, 0.3) is 5.91 Å². The Balaban J connectivity index is 1.74. The van der Waals surface area contributed by atoms with E-state index in [1.807, 2.05) is 4.90 Å². The normalized spacial score (nSPS) is 23.7. The maximum Gasteiger partial charge on any atom is 0.262 e. The summed E-state index contributed by atoms with van der Waals surface area (Å²) in [5, 5.41) is 7.23. The molecule has 1 saturated heterocycles. The second-order valence-corrected chi connectivity index (χ2v) is 5.98. The van der Waals surface area contributed by atoms with E-state index in [1.54, 1.807) is 13.0 Å². The summed E-state index contributed by atoms with van der Waals surface area (Å²) in [6.07, 6.45) is 0.688. The van der Waals surface area contributed by atoms with E-state index in [-0.39, 0.29) is 24.4 Å². The minimum atomic E-state index is -0.390. The summed E-state index contributed by atoms with van der Waals surface area (Å²) in [6, 6.07) is 2.83. The lowest BCUT2D eigenvalue weighted by Gasteiger charge is -2.38. The topological polar surface area (TPSA) is 66.0 Å². The molecule has 22 heavy (non-hydrogen) atoms. The van der Waals surface area contributed by atoms with Gasteiger partial charge >= 0.3 is 0 Å². The zero-order chi connectivity index (χ0) is 15.3. The standard InChI is InChI=1S/C15H17FN4O2/c1-8-15(21)19-18-14-7-22-13-4-11(16)10(2-9-5-17-6-9)3-12(13)20(8)14/h3-4,8-9,17H,2,5-7H2,1H3,(H,19,21). The van der Waals surface area contributed by atoms with Crippen LogP contribution in [0.25, 0.3) is 0 Å². The van der Waals surface area contributed by atoms with Crippen LogP contribution in [0, 0.1) is 11.7 Å². The van der Waals surface area contributed by atoms with E-state index in [0.29, 0.717) is 29.5 Å². The molecule has 0 saturated carbocycles. The van der Waals surface area contributed by atoms with Gasteiger partial charge in [0.05, 0.1) is 5.69 Å². The third-order valence-corrected chi connectivity index (χ3v) is 4.46. The molecule has 7 heteroatoms. The van der Waals surface area contributed by atoms with Gasteiger partial charge in [-0.15, -0.1) is 0 Å². The lowest BCUT2D eigenvalue weighted by Crippen LogP contribution is -2.55. The summed E-state index contributed by atoms with van der Waals surface area (Å²) in [5.41, 5.74) is 3.86. The largest absolute Gasteiger partial charge is 0.483 e. The molecule has 1 unspecified atom stereocenters. The van der Waals surface area contributed by atoms with Gasteiger partial charge in [-0.2, -0.15) is 5.10 Å². The molecule has 3 heterocycles. The molecule has 0 spiro atoms. The number of benzene rings is 1. The summed E-state index contributed by atoms with van der Waals surface area (Å²) in [4.78, 5) is 13.7. The molecule has 116 valence electrons. The number of hydrogen-bond donors (Lipinski definition) is 2. The summed E-state index contributed by atoms with van der Waals surface area (Å²) < 4.78 is 19.8. The number of halogens is 1. The van der Waals surface area contributed by atoms with E-state index < -0.39 is 0 Å². The number of ether oxygens (including phenoxy) is 1. The molecule has 1 aromatic rings. The molecule has 3 aliphatic heterocycles. The highest BCUT2D eigenvalue weighted by atomic mass is 19.1. The van der Waals surface area contributed by atoms with Crippen molar-refractivity contribution in [1.82, 2.24) is 10.7 Å². The van der Waals surface area contributed by atoms with E-state index in [9.17, 15) is 9.18 Å². The first kappa shape index (κ1) is 13.5. The van der Waals surface area contributed by atoms with Gasteiger partial charge < -0.3 is 15.0 Å². The predicted octanol–water partition coefficient (Wildman–Crippen LogP) is 0.618. The van der Waals surface area contributed by atoms with Crippen LogP contribution in [0.1, 0.15) is 12.5 Å². The smallest absolute Gasteiger partial charge is 0.262 e. The molecule has 4 rings (SSSR count). The maximum absolute atomic E-state index is 14.3. The number of nitrogens with one attached hydrogen (secondary N) is 2. The van der Waals surface area contributed by atoms with Crippen LogP contribution in [0.15, 0.2) is 17.2 Å². The Kier molecular flexibility index (Phi) is 3.04. The number of amides is 1. The third kappa shape index (κ3) is 2.04. The van der Waals surface area contributed by atoms with E-state index in [1.165, 1.54) is 6.07 Å². The Labute approximate surface area is 127 Å². The predicted molar refractivity (Wildman–Crippen MR) is 79.5 cm³/mol. The first-order valence-corrected chi connectivity index (χ1v) is 7.45. The summed E-state index contributed by atoms with van der Waals surface area (Å²) in [7, 11) is 0. The quantitative estimate of drug-likeness (QED) is 0.840. The Morgan fingerprint density at radius 3 is 3.00 bits per heavy atom. The Bertz CT molecular complexity index is 672. The maximum atomic E-state index is 14.3. The highest BCUT2D eigenvalue weighted by molar-refractivity contribution is 6.09. The number of nitrogens with zero attached hydrogens (tertiary/aromatic N) is 2. The van der Waals surface area contributed by atoms with E-state index in [2.05, 4.69) is 15.8 Å². The second-order valence-electron chi connectivity index (χ2n) is 5.98. The number of carbonyl (C=O) groups is 1. The van der Waals surface area contributed by atoms with Crippen molar-refractivity contribution in [2.75, 3.05) is 24.6 Å². The van der Waals surface area contributed by atoms with Gasteiger partial charge in [-0.05, 0) is 44.0 Å². The number of fused-ring (bicyclic) bond motifs is 3. The average Bonchev–Trinajstić information content (AvgIpc) is 2.46. The minimum absolute atomic E-state index is 0.175. The number of rotatable bonds is 2. The number of carbonyl (C=O) groups excluding carboxylic acids is 1. The van der Waals surface area contributed by atoms with Gasteiger partial charge in [-0.1, -0.05) is 0 Å². The molecule has 0 aliphatic carbocycles. The molecule has 2 N–H and O–H groups in total. The van der Waals surface area contributed by atoms with E-state index >= 15 is 0 Å². The molecule has 3 aliphatic rings. The van der Waals surface area contributed by atoms with Crippen LogP contribution in [0.2, 0.25) is 0 Å². The number of hydrazone groups is 1. The van der Waals surface area contributed by atoms with Crippen LogP contribution in [0.3, 0.4) is 0 Å². The molecule has 0 radical (unpaired) electrons. The second kappa shape index (κ2) is 4.95. The van der Waals surface area contributed by atoms with Gasteiger partial charge in [0.15, 0.2) is 5.84 Å². The lowest BCUT2D eigenvalue weighted by atomic mass is 9.93. The summed E-state index contributed by atoms with van der Waals surface area (Å²) in [5.74, 6) is 1.15. The van der Waals surface area contributed by atoms with Crippen LogP contribution >= 0.6 is 0 Å². The van der Waals surface area contributed by atoms with Crippen LogP contribution in [0.4, 0.5) is 10.1 Å². The molecule has 6 nitrogen and oxygen atoms in total. The molecule has 1 atom stereocenters. The number of hydrogen-bond acceptors (Lipinski definition) is 5. The first-order valence-electron chi connectivity index (χ1n) is 7.45. The molecule has 0 bridgehead atoms. The van der Waals surface area contributed by atoms with Gasteiger partial charge in [-0.3, -0.25) is 4.79 Å². The van der Waals surface area contributed by atoms with Crippen molar-refractivity contribution in [2.24, 2.45) is 11.0 Å². The highest BCUT2D eigenvalue weighted by Crippen LogP contribution is 2.37. The Morgan fingerprint density at radius 1 is 1.45 bits per heavy atom. The fourth-order valence-corrected chi connectivity index (χ4v) is 3.05. The van der Waals surface area contributed by atoms with E-state index in [4.69, 9.17) is 4.74 Å².